The number of halogens is 1. The molecule has 0 aliphatic heterocycles. The number of hydrogen-bond acceptors (Lipinski definition) is 2. The Morgan fingerprint density at radius 3 is 2.67 bits per heavy atom. The average Bonchev–Trinajstić information content (AvgIpc) is 2.34. The Bertz CT molecular complexity index is 418. The van der Waals surface area contributed by atoms with Gasteiger partial charge in [-0.25, -0.2) is 0 Å². The number of hydrogen-bond donors (Lipinski definition) is 1. The molecule has 100 valence electrons. The number of nitrogens with zero attached hydrogens (tertiary/aromatic N) is 1. The van der Waals surface area contributed by atoms with E-state index in [4.69, 9.17) is 0 Å². The Morgan fingerprint density at radius 2 is 2.11 bits per heavy atom. The van der Waals surface area contributed by atoms with E-state index >= 15 is 0 Å². The molecule has 4 heteroatoms. The first-order valence-electron chi connectivity index (χ1n) is 6.06. The second-order valence-corrected chi connectivity index (χ2v) is 5.88. The molecule has 18 heavy (non-hydrogen) atoms. The molecule has 0 aromatic heterocycles. The van der Waals surface area contributed by atoms with Crippen molar-refractivity contribution in [2.75, 3.05) is 27.2 Å². The van der Waals surface area contributed by atoms with Gasteiger partial charge in [0.05, 0.1) is 5.41 Å². The Kier molecular flexibility index (Phi) is 5.35. The number of benzene rings is 1. The molecular formula is C14H21BrN2O. The van der Waals surface area contributed by atoms with Crippen molar-refractivity contribution in [2.24, 2.45) is 0 Å². The molecule has 0 atom stereocenters. The summed E-state index contributed by atoms with van der Waals surface area (Å²) in [7, 11) is 3.73. The molecule has 1 N–H and O–H groups in total. The number of rotatable bonds is 5. The van der Waals surface area contributed by atoms with Crippen molar-refractivity contribution >= 4 is 21.8 Å². The summed E-state index contributed by atoms with van der Waals surface area (Å²) in [6, 6.07) is 7.93. The van der Waals surface area contributed by atoms with Crippen LogP contribution in [0.5, 0.6) is 0 Å². The molecule has 1 rings (SSSR count). The third kappa shape index (κ3) is 3.56. The molecule has 0 saturated heterocycles. The lowest BCUT2D eigenvalue weighted by atomic mass is 9.83. The third-order valence-electron chi connectivity index (χ3n) is 3.12. The molecule has 0 spiro atoms. The van der Waals surface area contributed by atoms with Crippen molar-refractivity contribution < 1.29 is 4.79 Å². The van der Waals surface area contributed by atoms with E-state index in [1.807, 2.05) is 52.2 Å². The number of carbonyl (C=O) groups is 1. The van der Waals surface area contributed by atoms with Crippen molar-refractivity contribution in [3.63, 3.8) is 0 Å². The molecule has 0 radical (unpaired) electrons. The minimum atomic E-state index is -0.508. The standard InChI is InChI=1S/C14H21BrN2O/c1-14(2,11-6-5-7-12(15)10-11)13(18)17(4)9-8-16-3/h5-7,10,16H,8-9H2,1-4H3. The number of nitrogens with one attached hydrogen (secondary N) is 1. The maximum atomic E-state index is 12.5. The zero-order valence-electron chi connectivity index (χ0n) is 11.5. The number of carbonyl (C=O) groups excluding carboxylic acids is 1. The van der Waals surface area contributed by atoms with Gasteiger partial charge in [-0.2, -0.15) is 0 Å². The quantitative estimate of drug-likeness (QED) is 0.905. The summed E-state index contributed by atoms with van der Waals surface area (Å²) < 4.78 is 0.999. The molecule has 0 aliphatic carbocycles. The summed E-state index contributed by atoms with van der Waals surface area (Å²) >= 11 is 3.45. The van der Waals surface area contributed by atoms with Crippen LogP contribution in [-0.4, -0.2) is 38.0 Å². The summed E-state index contributed by atoms with van der Waals surface area (Å²) in [4.78, 5) is 14.2. The topological polar surface area (TPSA) is 32.3 Å². The lowest BCUT2D eigenvalue weighted by molar-refractivity contribution is -0.134. The lowest BCUT2D eigenvalue weighted by Crippen LogP contribution is -2.43. The monoisotopic (exact) mass is 312 g/mol. The molecule has 1 aromatic rings. The zero-order valence-corrected chi connectivity index (χ0v) is 13.0. The fourth-order valence-electron chi connectivity index (χ4n) is 1.86. The maximum Gasteiger partial charge on any atom is 0.232 e. The van der Waals surface area contributed by atoms with Crippen LogP contribution in [0.2, 0.25) is 0 Å². The van der Waals surface area contributed by atoms with Gasteiger partial charge in [-0.15, -0.1) is 0 Å². The second-order valence-electron chi connectivity index (χ2n) is 4.97. The van der Waals surface area contributed by atoms with Crippen molar-refractivity contribution in [1.82, 2.24) is 10.2 Å². The van der Waals surface area contributed by atoms with Crippen LogP contribution in [0.15, 0.2) is 28.7 Å². The van der Waals surface area contributed by atoms with E-state index < -0.39 is 5.41 Å². The highest BCUT2D eigenvalue weighted by Gasteiger charge is 2.32. The van der Waals surface area contributed by atoms with E-state index in [9.17, 15) is 4.79 Å². The zero-order chi connectivity index (χ0) is 13.8. The fourth-order valence-corrected chi connectivity index (χ4v) is 2.26. The number of likely N-dealkylation sites (N-methyl/N-ethyl adjacent to an activating group) is 2. The molecule has 1 amide bonds. The molecule has 0 saturated carbocycles. The Balaban J connectivity index is 2.88. The summed E-state index contributed by atoms with van der Waals surface area (Å²) in [5, 5.41) is 3.05. The highest BCUT2D eigenvalue weighted by atomic mass is 79.9. The van der Waals surface area contributed by atoms with Gasteiger partial charge in [0, 0.05) is 24.6 Å². The van der Waals surface area contributed by atoms with Crippen LogP contribution in [0, 0.1) is 0 Å². The van der Waals surface area contributed by atoms with Gasteiger partial charge in [0.25, 0.3) is 0 Å². The lowest BCUT2D eigenvalue weighted by Gasteiger charge is -2.30. The molecule has 0 unspecified atom stereocenters. The van der Waals surface area contributed by atoms with Crippen molar-refractivity contribution in [3.8, 4) is 0 Å². The molecule has 0 heterocycles. The summed E-state index contributed by atoms with van der Waals surface area (Å²) in [5.74, 6) is 0.135. The highest BCUT2D eigenvalue weighted by Crippen LogP contribution is 2.27. The second kappa shape index (κ2) is 6.34. The van der Waals surface area contributed by atoms with Crippen LogP contribution in [0.3, 0.4) is 0 Å². The molecule has 0 fully saturated rings. The van der Waals surface area contributed by atoms with Crippen LogP contribution < -0.4 is 5.32 Å². The van der Waals surface area contributed by atoms with E-state index in [-0.39, 0.29) is 5.91 Å². The first kappa shape index (κ1) is 15.2. The van der Waals surface area contributed by atoms with Crippen LogP contribution >= 0.6 is 15.9 Å². The predicted molar refractivity (Wildman–Crippen MR) is 78.7 cm³/mol. The molecule has 0 bridgehead atoms. The normalized spacial score (nSPS) is 11.4. The van der Waals surface area contributed by atoms with Gasteiger partial charge < -0.3 is 10.2 Å². The molecular weight excluding hydrogens is 292 g/mol. The largest absolute Gasteiger partial charge is 0.344 e. The minimum absolute atomic E-state index is 0.135. The fraction of sp³-hybridized carbons (Fsp3) is 0.500. The Morgan fingerprint density at radius 1 is 1.44 bits per heavy atom. The van der Waals surface area contributed by atoms with Crippen molar-refractivity contribution in [2.45, 2.75) is 19.3 Å². The van der Waals surface area contributed by atoms with Gasteiger partial charge in [0.2, 0.25) is 5.91 Å². The maximum absolute atomic E-state index is 12.5. The van der Waals surface area contributed by atoms with E-state index in [1.54, 1.807) is 4.90 Å². The van der Waals surface area contributed by atoms with Crippen LogP contribution in [-0.2, 0) is 10.2 Å². The van der Waals surface area contributed by atoms with E-state index in [2.05, 4.69) is 21.2 Å². The summed E-state index contributed by atoms with van der Waals surface area (Å²) in [6.45, 7) is 5.45. The smallest absolute Gasteiger partial charge is 0.232 e. The van der Waals surface area contributed by atoms with Crippen LogP contribution in [0.25, 0.3) is 0 Å². The van der Waals surface area contributed by atoms with Gasteiger partial charge in [0.15, 0.2) is 0 Å². The Hall–Kier alpha value is -0.870. The van der Waals surface area contributed by atoms with Crippen molar-refractivity contribution in [3.05, 3.63) is 34.3 Å². The van der Waals surface area contributed by atoms with E-state index in [0.29, 0.717) is 6.54 Å². The van der Waals surface area contributed by atoms with Gasteiger partial charge in [-0.3, -0.25) is 4.79 Å². The average molecular weight is 313 g/mol. The Labute approximate surface area is 118 Å². The first-order chi connectivity index (χ1) is 8.39. The SMILES string of the molecule is CNCCN(C)C(=O)C(C)(C)c1cccc(Br)c1. The van der Waals surface area contributed by atoms with E-state index in [0.717, 1.165) is 16.6 Å². The van der Waals surface area contributed by atoms with Crippen molar-refractivity contribution in [1.29, 1.82) is 0 Å². The van der Waals surface area contributed by atoms with Crippen LogP contribution in [0.1, 0.15) is 19.4 Å². The van der Waals surface area contributed by atoms with E-state index in [1.165, 1.54) is 0 Å². The van der Waals surface area contributed by atoms with Gasteiger partial charge >= 0.3 is 0 Å². The summed E-state index contributed by atoms with van der Waals surface area (Å²) in [6.07, 6.45) is 0. The molecule has 0 aliphatic rings. The molecule has 1 aromatic carbocycles. The third-order valence-corrected chi connectivity index (χ3v) is 3.62. The minimum Gasteiger partial charge on any atom is -0.344 e. The molecule has 3 nitrogen and oxygen atoms in total. The van der Waals surface area contributed by atoms with Crippen LogP contribution in [0.4, 0.5) is 0 Å². The van der Waals surface area contributed by atoms with Gasteiger partial charge in [-0.1, -0.05) is 28.1 Å². The first-order valence-corrected chi connectivity index (χ1v) is 6.85. The predicted octanol–water partition coefficient (Wildman–Crippen LogP) is 2.40. The van der Waals surface area contributed by atoms with Gasteiger partial charge in [-0.05, 0) is 38.6 Å². The van der Waals surface area contributed by atoms with Gasteiger partial charge in [0.1, 0.15) is 0 Å². The summed E-state index contributed by atoms with van der Waals surface area (Å²) in [5.41, 5.74) is 0.518. The number of amides is 1. The highest BCUT2D eigenvalue weighted by molar-refractivity contribution is 9.10.